The van der Waals surface area contributed by atoms with Crippen molar-refractivity contribution in [2.75, 3.05) is 13.2 Å². The summed E-state index contributed by atoms with van der Waals surface area (Å²) in [5.41, 5.74) is 1.35. The van der Waals surface area contributed by atoms with E-state index in [4.69, 9.17) is 4.74 Å². The highest BCUT2D eigenvalue weighted by molar-refractivity contribution is 7.12. The molecule has 0 radical (unpaired) electrons. The Hall–Kier alpha value is -0.380. The molecule has 17 heavy (non-hydrogen) atoms. The summed E-state index contributed by atoms with van der Waals surface area (Å²) in [6, 6.07) is 2.28. The van der Waals surface area contributed by atoms with E-state index >= 15 is 0 Å². The van der Waals surface area contributed by atoms with Crippen molar-refractivity contribution < 1.29 is 4.74 Å². The van der Waals surface area contributed by atoms with Gasteiger partial charge in [0.15, 0.2) is 0 Å². The number of ether oxygens (including phenoxy) is 1. The molecule has 1 heterocycles. The lowest BCUT2D eigenvalue weighted by Crippen LogP contribution is -2.10. The zero-order valence-corrected chi connectivity index (χ0v) is 12.3. The second kappa shape index (κ2) is 7.85. The smallest absolute Gasteiger partial charge is 0.0727 e. The maximum absolute atomic E-state index is 5.72. The largest absolute Gasteiger partial charge is 0.377 e. The Morgan fingerprint density at radius 2 is 2.18 bits per heavy atom. The van der Waals surface area contributed by atoms with Crippen molar-refractivity contribution in [1.82, 2.24) is 5.32 Å². The van der Waals surface area contributed by atoms with Crippen molar-refractivity contribution in [3.05, 3.63) is 21.4 Å². The normalized spacial score (nSPS) is 11.4. The first-order chi connectivity index (χ1) is 8.13. The fourth-order valence-corrected chi connectivity index (χ4v) is 2.59. The average Bonchev–Trinajstić information content (AvgIpc) is 2.62. The minimum Gasteiger partial charge on any atom is -0.377 e. The molecule has 0 atom stereocenters. The van der Waals surface area contributed by atoms with Gasteiger partial charge in [-0.3, -0.25) is 0 Å². The molecule has 0 bridgehead atoms. The minimum absolute atomic E-state index is 0.725. The van der Waals surface area contributed by atoms with Crippen LogP contribution in [-0.4, -0.2) is 13.2 Å². The van der Waals surface area contributed by atoms with E-state index in [1.807, 2.05) is 11.3 Å². The van der Waals surface area contributed by atoms with Gasteiger partial charge < -0.3 is 10.1 Å². The van der Waals surface area contributed by atoms with Crippen LogP contribution in [-0.2, 0) is 17.9 Å². The molecule has 0 amide bonds. The van der Waals surface area contributed by atoms with Crippen LogP contribution in [0.15, 0.2) is 6.07 Å². The highest BCUT2D eigenvalue weighted by atomic mass is 32.1. The van der Waals surface area contributed by atoms with E-state index < -0.39 is 0 Å². The Morgan fingerprint density at radius 1 is 1.41 bits per heavy atom. The first kappa shape index (κ1) is 14.7. The van der Waals surface area contributed by atoms with Gasteiger partial charge in [-0.15, -0.1) is 11.3 Å². The monoisotopic (exact) mass is 255 g/mol. The number of aryl methyl sites for hydroxylation is 1. The first-order valence-corrected chi connectivity index (χ1v) is 7.31. The van der Waals surface area contributed by atoms with E-state index in [1.54, 1.807) is 0 Å². The van der Waals surface area contributed by atoms with E-state index in [0.717, 1.165) is 38.6 Å². The molecule has 1 N–H and O–H groups in total. The molecule has 0 saturated heterocycles. The van der Waals surface area contributed by atoms with Gasteiger partial charge in [-0.2, -0.15) is 0 Å². The molecule has 1 aromatic rings. The Balaban J connectivity index is 2.34. The maximum Gasteiger partial charge on any atom is 0.0727 e. The lowest BCUT2D eigenvalue weighted by molar-refractivity contribution is 0.110. The Morgan fingerprint density at radius 3 is 2.82 bits per heavy atom. The summed E-state index contributed by atoms with van der Waals surface area (Å²) in [7, 11) is 0. The van der Waals surface area contributed by atoms with Gasteiger partial charge in [0.1, 0.15) is 0 Å². The van der Waals surface area contributed by atoms with Crippen molar-refractivity contribution >= 4 is 11.3 Å². The molecule has 0 fully saturated rings. The van der Waals surface area contributed by atoms with Gasteiger partial charge in [-0.05, 0) is 37.4 Å². The summed E-state index contributed by atoms with van der Waals surface area (Å²) in [5.74, 6) is 0.725. The van der Waals surface area contributed by atoms with E-state index in [2.05, 4.69) is 39.1 Å². The van der Waals surface area contributed by atoms with Crippen LogP contribution >= 0.6 is 11.3 Å². The summed E-state index contributed by atoms with van der Waals surface area (Å²) < 4.78 is 5.72. The molecule has 0 aromatic carbocycles. The molecule has 0 aliphatic carbocycles. The third-order valence-electron chi connectivity index (χ3n) is 2.72. The fraction of sp³-hybridized carbons (Fsp3) is 0.714. The summed E-state index contributed by atoms with van der Waals surface area (Å²) in [5, 5.41) is 3.36. The standard InChI is InChI=1S/C14H25NOS/c1-5-15-9-14-8-13(12(4)17-14)10-16-7-6-11(2)3/h8,11,15H,5-7,9-10H2,1-4H3. The van der Waals surface area contributed by atoms with Crippen molar-refractivity contribution in [2.45, 2.75) is 47.3 Å². The van der Waals surface area contributed by atoms with Gasteiger partial charge in [-0.1, -0.05) is 20.8 Å². The van der Waals surface area contributed by atoms with Crippen LogP contribution in [0.2, 0.25) is 0 Å². The van der Waals surface area contributed by atoms with Gasteiger partial charge in [-0.25, -0.2) is 0 Å². The lowest BCUT2D eigenvalue weighted by atomic mass is 10.1. The fourth-order valence-electron chi connectivity index (χ4n) is 1.57. The highest BCUT2D eigenvalue weighted by Gasteiger charge is 2.05. The van der Waals surface area contributed by atoms with Crippen LogP contribution in [0.3, 0.4) is 0 Å². The number of hydrogen-bond donors (Lipinski definition) is 1. The summed E-state index contributed by atoms with van der Waals surface area (Å²) in [6.07, 6.45) is 1.15. The molecule has 1 aromatic heterocycles. The number of thiophene rings is 1. The van der Waals surface area contributed by atoms with Crippen LogP contribution < -0.4 is 5.32 Å². The molecule has 0 spiro atoms. The van der Waals surface area contributed by atoms with Crippen LogP contribution in [0.5, 0.6) is 0 Å². The molecular weight excluding hydrogens is 230 g/mol. The zero-order chi connectivity index (χ0) is 12.7. The quantitative estimate of drug-likeness (QED) is 0.715. The van der Waals surface area contributed by atoms with E-state index in [1.165, 1.54) is 15.3 Å². The molecule has 98 valence electrons. The third kappa shape index (κ3) is 5.66. The topological polar surface area (TPSA) is 21.3 Å². The Bertz CT molecular complexity index is 320. The SMILES string of the molecule is CCNCc1cc(COCCC(C)C)c(C)s1. The van der Waals surface area contributed by atoms with Crippen molar-refractivity contribution in [2.24, 2.45) is 5.92 Å². The third-order valence-corrected chi connectivity index (χ3v) is 3.81. The second-order valence-electron chi connectivity index (χ2n) is 4.81. The van der Waals surface area contributed by atoms with Crippen LogP contribution in [0.25, 0.3) is 0 Å². The lowest BCUT2D eigenvalue weighted by Gasteiger charge is -2.05. The first-order valence-electron chi connectivity index (χ1n) is 6.50. The molecule has 3 heteroatoms. The van der Waals surface area contributed by atoms with E-state index in [0.29, 0.717) is 0 Å². The van der Waals surface area contributed by atoms with Gasteiger partial charge in [0.05, 0.1) is 6.61 Å². The molecule has 0 saturated carbocycles. The molecule has 0 unspecified atom stereocenters. The highest BCUT2D eigenvalue weighted by Crippen LogP contribution is 2.22. The van der Waals surface area contributed by atoms with E-state index in [9.17, 15) is 0 Å². The van der Waals surface area contributed by atoms with Gasteiger partial charge in [0.2, 0.25) is 0 Å². The second-order valence-corrected chi connectivity index (χ2v) is 6.15. The van der Waals surface area contributed by atoms with E-state index in [-0.39, 0.29) is 0 Å². The predicted octanol–water partition coefficient (Wildman–Crippen LogP) is 3.73. The summed E-state index contributed by atoms with van der Waals surface area (Å²) in [4.78, 5) is 2.80. The van der Waals surface area contributed by atoms with Crippen LogP contribution in [0.1, 0.15) is 42.5 Å². The molecular formula is C14H25NOS. The zero-order valence-electron chi connectivity index (χ0n) is 11.5. The van der Waals surface area contributed by atoms with Gasteiger partial charge in [0.25, 0.3) is 0 Å². The van der Waals surface area contributed by atoms with Gasteiger partial charge >= 0.3 is 0 Å². The predicted molar refractivity (Wildman–Crippen MR) is 75.5 cm³/mol. The van der Waals surface area contributed by atoms with Crippen LogP contribution in [0.4, 0.5) is 0 Å². The Kier molecular flexibility index (Phi) is 6.78. The Labute approximate surface area is 109 Å². The average molecular weight is 255 g/mol. The van der Waals surface area contributed by atoms with Crippen LogP contribution in [0, 0.1) is 12.8 Å². The summed E-state index contributed by atoms with van der Waals surface area (Å²) >= 11 is 1.88. The van der Waals surface area contributed by atoms with Gasteiger partial charge in [0, 0.05) is 22.9 Å². The molecule has 0 aliphatic heterocycles. The molecule has 2 nitrogen and oxygen atoms in total. The molecule has 1 rings (SSSR count). The van der Waals surface area contributed by atoms with Crippen molar-refractivity contribution in [3.8, 4) is 0 Å². The van der Waals surface area contributed by atoms with Crippen molar-refractivity contribution in [1.29, 1.82) is 0 Å². The number of rotatable bonds is 8. The molecule has 0 aliphatic rings. The van der Waals surface area contributed by atoms with Crippen molar-refractivity contribution in [3.63, 3.8) is 0 Å². The number of nitrogens with one attached hydrogen (secondary N) is 1. The maximum atomic E-state index is 5.72. The summed E-state index contributed by atoms with van der Waals surface area (Å²) in [6.45, 7) is 12.4. The number of hydrogen-bond acceptors (Lipinski definition) is 3. The minimum atomic E-state index is 0.725.